The number of likely N-dealkylation sites (N-methyl/N-ethyl adjacent to an activating group) is 2. The Bertz CT molecular complexity index is 2640. The van der Waals surface area contributed by atoms with Gasteiger partial charge in [-0.25, -0.2) is 19.9 Å². The molecule has 362 valence electrons. The minimum Gasteiger partial charge on any atom is -0.336 e. The van der Waals surface area contributed by atoms with Gasteiger partial charge in [-0.15, -0.1) is 0 Å². The van der Waals surface area contributed by atoms with Gasteiger partial charge in [0.1, 0.15) is 40.9 Å². The second-order valence-electron chi connectivity index (χ2n) is 18.9. The average molecular weight is 955 g/mol. The van der Waals surface area contributed by atoms with Crippen LogP contribution >= 0.6 is 0 Å². The molecule has 0 radical (unpaired) electrons. The maximum Gasteiger partial charge on any atom is 0.366 e. The number of hydrogen-bond donors (Lipinski definition) is 2. The molecule has 4 amide bonds. The Hall–Kier alpha value is -7.42. The molecule has 4 aromatic heterocycles. The zero-order valence-electron chi connectivity index (χ0n) is 38.9. The summed E-state index contributed by atoms with van der Waals surface area (Å²) in [5.74, 6) is -4.65. The van der Waals surface area contributed by atoms with Gasteiger partial charge in [-0.2, -0.15) is 19.3 Å². The van der Waals surface area contributed by atoms with Crippen LogP contribution in [-0.2, 0) is 56.4 Å². The molecule has 2 aliphatic heterocycles. The molecule has 70 heavy (non-hydrogen) atoms. The third-order valence-electron chi connectivity index (χ3n) is 13.4. The van der Waals surface area contributed by atoms with Gasteiger partial charge in [0.25, 0.3) is 0 Å². The lowest BCUT2D eigenvalue weighted by Gasteiger charge is -2.32. The summed E-state index contributed by atoms with van der Waals surface area (Å²) in [5, 5.41) is 23.6. The molecule has 18 nitrogen and oxygen atoms in total. The first-order valence-electron chi connectivity index (χ1n) is 23.3. The zero-order chi connectivity index (χ0) is 49.7. The van der Waals surface area contributed by atoms with Crippen molar-refractivity contribution >= 4 is 47.8 Å². The summed E-state index contributed by atoms with van der Waals surface area (Å²) in [6.45, 7) is 3.44. The van der Waals surface area contributed by atoms with Crippen molar-refractivity contribution in [1.82, 2.24) is 39.5 Å². The van der Waals surface area contributed by atoms with Gasteiger partial charge in [-0.3, -0.25) is 38.6 Å². The molecule has 5 fully saturated rings. The highest BCUT2D eigenvalue weighted by Crippen LogP contribution is 2.48. The van der Waals surface area contributed by atoms with Gasteiger partial charge in [0, 0.05) is 62.8 Å². The summed E-state index contributed by atoms with van der Waals surface area (Å²) >= 11 is 0. The lowest BCUT2D eigenvalue weighted by Crippen LogP contribution is -2.48. The number of pyridine rings is 4. The van der Waals surface area contributed by atoms with Crippen molar-refractivity contribution in [3.05, 3.63) is 105 Å². The topological polar surface area (TPSA) is 239 Å². The van der Waals surface area contributed by atoms with Crippen LogP contribution < -0.4 is 10.6 Å². The van der Waals surface area contributed by atoms with Crippen molar-refractivity contribution in [3.63, 3.8) is 0 Å². The van der Waals surface area contributed by atoms with E-state index >= 15 is 0 Å². The van der Waals surface area contributed by atoms with E-state index in [1.807, 2.05) is 30.0 Å². The fourth-order valence-electron chi connectivity index (χ4n) is 8.53. The van der Waals surface area contributed by atoms with E-state index in [0.29, 0.717) is 116 Å². The van der Waals surface area contributed by atoms with Crippen LogP contribution in [0.25, 0.3) is 0 Å². The largest absolute Gasteiger partial charge is 0.366 e. The number of anilines is 2. The molecule has 0 atom stereocenters. The summed E-state index contributed by atoms with van der Waals surface area (Å²) in [7, 11) is 3.72. The van der Waals surface area contributed by atoms with Crippen molar-refractivity contribution in [2.45, 2.75) is 75.8 Å². The number of hydrogen-bond acceptors (Lipinski definition) is 14. The van der Waals surface area contributed by atoms with Gasteiger partial charge in [-0.05, 0) is 113 Å². The van der Waals surface area contributed by atoms with Crippen LogP contribution in [0.2, 0.25) is 0 Å². The summed E-state index contributed by atoms with van der Waals surface area (Å²) in [4.78, 5) is 97.2. The monoisotopic (exact) mass is 954 g/mol. The van der Waals surface area contributed by atoms with Crippen LogP contribution in [0.5, 0.6) is 0 Å². The molecule has 0 aromatic carbocycles. The molecule has 0 bridgehead atoms. The molecule has 2 N–H and O–H groups in total. The molecular weight excluding hydrogens is 903 g/mol. The number of piperazine rings is 2. The van der Waals surface area contributed by atoms with Crippen molar-refractivity contribution in [3.8, 4) is 12.1 Å². The molecule has 0 spiro atoms. The number of nitrogens with one attached hydrogen (secondary N) is 2. The van der Waals surface area contributed by atoms with Crippen LogP contribution in [0.4, 0.5) is 20.4 Å². The molecule has 9 rings (SSSR count). The number of halogens is 2. The van der Waals surface area contributed by atoms with E-state index < -0.39 is 22.9 Å². The summed E-state index contributed by atoms with van der Waals surface area (Å²) in [6, 6.07) is 13.3. The normalized spacial score (nSPS) is 17.9. The second-order valence-corrected chi connectivity index (χ2v) is 18.9. The maximum atomic E-state index is 15.0. The van der Waals surface area contributed by atoms with Gasteiger partial charge in [0.2, 0.25) is 17.7 Å². The molecule has 4 aromatic rings. The summed E-state index contributed by atoms with van der Waals surface area (Å²) < 4.78 is 29.9. The Balaban J connectivity index is 0.000000188. The lowest BCUT2D eigenvalue weighted by molar-refractivity contribution is -0.141. The Morgan fingerprint density at radius 2 is 1.21 bits per heavy atom. The van der Waals surface area contributed by atoms with Gasteiger partial charge < -0.3 is 20.4 Å². The van der Waals surface area contributed by atoms with Crippen molar-refractivity contribution in [2.75, 3.05) is 64.0 Å². The number of aromatic nitrogens is 4. The third-order valence-corrected chi connectivity index (χ3v) is 13.4. The Morgan fingerprint density at radius 1 is 0.729 bits per heavy atom. The molecule has 20 heteroatoms. The quantitative estimate of drug-likeness (QED) is 0.150. The molecule has 2 saturated heterocycles. The minimum atomic E-state index is -4.05. The van der Waals surface area contributed by atoms with Crippen molar-refractivity contribution in [1.29, 1.82) is 10.5 Å². The van der Waals surface area contributed by atoms with Gasteiger partial charge in [-0.1, -0.05) is 12.1 Å². The molecule has 6 heterocycles. The summed E-state index contributed by atoms with van der Waals surface area (Å²) in [6.07, 6.45) is 10.9. The van der Waals surface area contributed by atoms with Crippen molar-refractivity contribution < 1.29 is 37.5 Å². The predicted octanol–water partition coefficient (Wildman–Crippen LogP) is 4.18. The maximum absolute atomic E-state index is 15.0. The number of nitriles is 2. The SMILES string of the molecule is CN1CCN(Cc2ccc(C(F)(F)C(=O)Nc3cc(CC4CC4)c(C#N)cn3)nc2C=O)C(=O)C1.CN1CCN(Cc2ccc(C3(C(=O)Nc4cc(CC5CC5)c(C#N)cn4)CC3)nc2C=O)C(=O)C1. The number of amides is 4. The van der Waals surface area contributed by atoms with E-state index in [2.05, 4.69) is 36.6 Å². The molecule has 3 saturated carbocycles. The van der Waals surface area contributed by atoms with E-state index in [9.17, 15) is 48.1 Å². The first kappa shape index (κ1) is 49.0. The second kappa shape index (κ2) is 20.7. The molecular formula is C50H52F2N12O6. The van der Waals surface area contributed by atoms with Crippen LogP contribution in [0.15, 0.2) is 48.8 Å². The summed E-state index contributed by atoms with van der Waals surface area (Å²) in [5.41, 5.74) is 2.30. The highest BCUT2D eigenvalue weighted by molar-refractivity contribution is 6.01. The van der Waals surface area contributed by atoms with E-state index in [1.54, 1.807) is 23.1 Å². The van der Waals surface area contributed by atoms with E-state index in [4.69, 9.17) is 0 Å². The van der Waals surface area contributed by atoms with Gasteiger partial charge in [0.15, 0.2) is 12.6 Å². The smallest absolute Gasteiger partial charge is 0.336 e. The van der Waals surface area contributed by atoms with Crippen LogP contribution in [0.1, 0.15) is 104 Å². The number of alkyl halides is 2. The highest BCUT2D eigenvalue weighted by atomic mass is 19.3. The highest BCUT2D eigenvalue weighted by Gasteiger charge is 2.53. The number of rotatable bonds is 16. The van der Waals surface area contributed by atoms with Gasteiger partial charge >= 0.3 is 11.8 Å². The average Bonchev–Trinajstić information content (AvgIpc) is 4.20. The molecule has 0 unspecified atom stereocenters. The molecule has 5 aliphatic rings. The first-order valence-corrected chi connectivity index (χ1v) is 23.3. The van der Waals surface area contributed by atoms with Crippen molar-refractivity contribution in [2.24, 2.45) is 11.8 Å². The number of nitrogens with zero attached hydrogens (tertiary/aromatic N) is 10. The van der Waals surface area contributed by atoms with E-state index in [0.717, 1.165) is 37.4 Å². The van der Waals surface area contributed by atoms with Gasteiger partial charge in [0.05, 0.1) is 35.3 Å². The fraction of sp³-hybridized carbons (Fsp3) is 0.440. The predicted molar refractivity (Wildman–Crippen MR) is 248 cm³/mol. The standard InChI is InChI=1S/C26H28N6O3.C24H24F2N6O3/c1-31-8-9-32(24(34)15-31)14-18-4-5-22(29-21(18)16-33)26(6-7-26)25(35)30-23-11-19(10-17-2-3-17)20(12-27)13-28-23;1-31-6-7-32(22(34)13-31)12-16-4-5-20(29-19(16)14-33)24(25,26)23(35)30-21-9-17(8-15-2-3-15)18(10-27)11-28-21/h4-5,11,13,16-17H,2-3,6-10,14-15H2,1H3,(H,28,30,35);4-5,9,11,14-15H,2-3,6-8,12-13H2,1H3,(H,28,30,35). The van der Waals surface area contributed by atoms with Crippen LogP contribution in [0, 0.1) is 34.5 Å². The molecule has 3 aliphatic carbocycles. The fourth-order valence-corrected chi connectivity index (χ4v) is 8.53. The Morgan fingerprint density at radius 3 is 1.67 bits per heavy atom. The van der Waals surface area contributed by atoms with Crippen LogP contribution in [-0.4, -0.2) is 129 Å². The minimum absolute atomic E-state index is 0.0219. The number of aldehydes is 2. The Labute approximate surface area is 403 Å². The first-order chi connectivity index (χ1) is 33.6. The van der Waals surface area contributed by atoms with E-state index in [-0.39, 0.29) is 48.0 Å². The number of carbonyl (C=O) groups is 6. The Kier molecular flexibility index (Phi) is 14.5. The zero-order valence-corrected chi connectivity index (χ0v) is 38.9. The third kappa shape index (κ3) is 11.4. The lowest BCUT2D eigenvalue weighted by atomic mass is 9.98. The van der Waals surface area contributed by atoms with Crippen LogP contribution in [0.3, 0.4) is 0 Å². The van der Waals surface area contributed by atoms with E-state index in [1.165, 1.54) is 42.3 Å². The number of carbonyl (C=O) groups excluding carboxylic acids is 6.